The van der Waals surface area contributed by atoms with Crippen molar-refractivity contribution >= 4 is 33.4 Å². The van der Waals surface area contributed by atoms with E-state index in [1.165, 1.54) is 6.92 Å². The Morgan fingerprint density at radius 2 is 1.95 bits per heavy atom. The highest BCUT2D eigenvalue weighted by atomic mass is 79.9. The van der Waals surface area contributed by atoms with Crippen LogP contribution in [-0.2, 0) is 4.79 Å². The normalized spacial score (nSPS) is 16.0. The number of halogens is 1. The summed E-state index contributed by atoms with van der Waals surface area (Å²) in [6.45, 7) is 2.81. The highest BCUT2D eigenvalue weighted by Gasteiger charge is 2.24. The van der Waals surface area contributed by atoms with Crippen LogP contribution in [0.2, 0.25) is 0 Å². The largest absolute Gasteiger partial charge is 0.399 e. The number of likely N-dealkylation sites (tertiary alicyclic amines) is 1. The van der Waals surface area contributed by atoms with E-state index in [-0.39, 0.29) is 17.9 Å². The van der Waals surface area contributed by atoms with Gasteiger partial charge in [-0.1, -0.05) is 15.9 Å². The fourth-order valence-electron chi connectivity index (χ4n) is 2.43. The topological polar surface area (TPSA) is 75.4 Å². The minimum Gasteiger partial charge on any atom is -0.399 e. The molecule has 0 unspecified atom stereocenters. The quantitative estimate of drug-likeness (QED) is 0.806. The molecule has 1 aromatic rings. The SMILES string of the molecule is CC(=O)NC1CCN(C(=O)c2cc(N)cc(Br)c2)CC1. The zero-order valence-corrected chi connectivity index (χ0v) is 12.9. The van der Waals surface area contributed by atoms with Gasteiger partial charge in [-0.25, -0.2) is 0 Å². The van der Waals surface area contributed by atoms with E-state index in [1.807, 2.05) is 0 Å². The van der Waals surface area contributed by atoms with Crippen molar-refractivity contribution in [3.8, 4) is 0 Å². The fraction of sp³-hybridized carbons (Fsp3) is 0.429. The molecule has 6 heteroatoms. The van der Waals surface area contributed by atoms with Crippen molar-refractivity contribution in [1.29, 1.82) is 0 Å². The van der Waals surface area contributed by atoms with Gasteiger partial charge in [0.2, 0.25) is 5.91 Å². The molecule has 1 fully saturated rings. The third-order valence-electron chi connectivity index (χ3n) is 3.36. The number of anilines is 1. The van der Waals surface area contributed by atoms with E-state index in [0.29, 0.717) is 24.3 Å². The Labute approximate surface area is 126 Å². The molecule has 2 rings (SSSR count). The van der Waals surface area contributed by atoms with E-state index < -0.39 is 0 Å². The van der Waals surface area contributed by atoms with Crippen molar-refractivity contribution in [2.75, 3.05) is 18.8 Å². The highest BCUT2D eigenvalue weighted by molar-refractivity contribution is 9.10. The molecule has 3 N–H and O–H groups in total. The van der Waals surface area contributed by atoms with E-state index in [1.54, 1.807) is 23.1 Å². The van der Waals surface area contributed by atoms with E-state index in [0.717, 1.165) is 17.3 Å². The summed E-state index contributed by atoms with van der Waals surface area (Å²) in [7, 11) is 0. The van der Waals surface area contributed by atoms with Gasteiger partial charge in [0, 0.05) is 41.8 Å². The summed E-state index contributed by atoms with van der Waals surface area (Å²) in [5.41, 5.74) is 6.91. The van der Waals surface area contributed by atoms with Crippen molar-refractivity contribution in [1.82, 2.24) is 10.2 Å². The van der Waals surface area contributed by atoms with E-state index >= 15 is 0 Å². The maximum absolute atomic E-state index is 12.4. The molecule has 1 aliphatic rings. The molecule has 0 atom stereocenters. The molecule has 20 heavy (non-hydrogen) atoms. The molecule has 1 aliphatic heterocycles. The maximum Gasteiger partial charge on any atom is 0.253 e. The van der Waals surface area contributed by atoms with Crippen LogP contribution in [0.3, 0.4) is 0 Å². The first-order chi connectivity index (χ1) is 9.45. The van der Waals surface area contributed by atoms with Crippen LogP contribution in [0.1, 0.15) is 30.1 Å². The average molecular weight is 340 g/mol. The number of nitrogen functional groups attached to an aromatic ring is 1. The summed E-state index contributed by atoms with van der Waals surface area (Å²) in [6.07, 6.45) is 1.57. The lowest BCUT2D eigenvalue weighted by Crippen LogP contribution is -2.46. The minimum atomic E-state index is -0.0189. The maximum atomic E-state index is 12.4. The number of hydrogen-bond acceptors (Lipinski definition) is 3. The zero-order chi connectivity index (χ0) is 14.7. The summed E-state index contributed by atoms with van der Waals surface area (Å²) < 4.78 is 0.800. The number of piperidine rings is 1. The van der Waals surface area contributed by atoms with Gasteiger partial charge in [0.25, 0.3) is 5.91 Å². The lowest BCUT2D eigenvalue weighted by molar-refractivity contribution is -0.119. The van der Waals surface area contributed by atoms with Crippen LogP contribution in [0.4, 0.5) is 5.69 Å². The molecule has 0 aliphatic carbocycles. The van der Waals surface area contributed by atoms with E-state index in [9.17, 15) is 9.59 Å². The number of benzene rings is 1. The summed E-state index contributed by atoms with van der Waals surface area (Å²) in [4.78, 5) is 25.2. The molecular weight excluding hydrogens is 322 g/mol. The van der Waals surface area contributed by atoms with Crippen LogP contribution in [-0.4, -0.2) is 35.8 Å². The van der Waals surface area contributed by atoms with Crippen molar-refractivity contribution in [2.24, 2.45) is 0 Å². The van der Waals surface area contributed by atoms with Gasteiger partial charge in [-0.15, -0.1) is 0 Å². The number of amides is 2. The molecule has 108 valence electrons. The summed E-state index contributed by atoms with van der Waals surface area (Å²) in [6, 6.07) is 5.40. The first kappa shape index (κ1) is 14.8. The number of rotatable bonds is 2. The van der Waals surface area contributed by atoms with Crippen LogP contribution in [0, 0.1) is 0 Å². The Bertz CT molecular complexity index is 505. The number of nitrogens with two attached hydrogens (primary N) is 1. The molecule has 0 aromatic heterocycles. The van der Waals surface area contributed by atoms with Crippen molar-refractivity contribution in [2.45, 2.75) is 25.8 Å². The third kappa shape index (κ3) is 3.72. The Morgan fingerprint density at radius 1 is 1.30 bits per heavy atom. The van der Waals surface area contributed by atoms with Gasteiger partial charge in [0.05, 0.1) is 0 Å². The zero-order valence-electron chi connectivity index (χ0n) is 11.4. The standard InChI is InChI=1S/C14H18BrN3O2/c1-9(19)17-13-2-4-18(5-3-13)14(20)10-6-11(15)8-12(16)7-10/h6-8,13H,2-5,16H2,1H3,(H,17,19). The Kier molecular flexibility index (Phi) is 4.65. The first-order valence-electron chi connectivity index (χ1n) is 6.58. The summed E-state index contributed by atoms with van der Waals surface area (Å²) in [5.74, 6) is -0.0335. The van der Waals surface area contributed by atoms with Crippen LogP contribution >= 0.6 is 15.9 Å². The fourth-order valence-corrected chi connectivity index (χ4v) is 2.94. The second-order valence-corrected chi connectivity index (χ2v) is 5.96. The van der Waals surface area contributed by atoms with Crippen LogP contribution in [0.5, 0.6) is 0 Å². The van der Waals surface area contributed by atoms with Crippen molar-refractivity contribution in [3.63, 3.8) is 0 Å². The van der Waals surface area contributed by atoms with Crippen LogP contribution in [0.15, 0.2) is 22.7 Å². The number of carbonyl (C=O) groups excluding carboxylic acids is 2. The van der Waals surface area contributed by atoms with Crippen LogP contribution < -0.4 is 11.1 Å². The minimum absolute atomic E-state index is 0.0146. The molecule has 1 heterocycles. The molecule has 5 nitrogen and oxygen atoms in total. The monoisotopic (exact) mass is 339 g/mol. The van der Waals surface area contributed by atoms with E-state index in [4.69, 9.17) is 5.73 Å². The molecule has 1 saturated heterocycles. The number of hydrogen-bond donors (Lipinski definition) is 2. The number of nitrogens with zero attached hydrogens (tertiary/aromatic N) is 1. The van der Waals surface area contributed by atoms with Crippen molar-refractivity contribution in [3.05, 3.63) is 28.2 Å². The van der Waals surface area contributed by atoms with E-state index in [2.05, 4.69) is 21.2 Å². The highest BCUT2D eigenvalue weighted by Crippen LogP contribution is 2.20. The molecule has 0 saturated carbocycles. The smallest absolute Gasteiger partial charge is 0.253 e. The molecule has 0 radical (unpaired) electrons. The van der Waals surface area contributed by atoms with Gasteiger partial charge in [0.15, 0.2) is 0 Å². The molecule has 0 bridgehead atoms. The lowest BCUT2D eigenvalue weighted by atomic mass is 10.0. The van der Waals surface area contributed by atoms with Crippen molar-refractivity contribution < 1.29 is 9.59 Å². The van der Waals surface area contributed by atoms with Gasteiger partial charge in [-0.2, -0.15) is 0 Å². The number of carbonyl (C=O) groups is 2. The Balaban J connectivity index is 1.99. The summed E-state index contributed by atoms with van der Waals surface area (Å²) >= 11 is 3.34. The van der Waals surface area contributed by atoms with Gasteiger partial charge >= 0.3 is 0 Å². The van der Waals surface area contributed by atoms with Gasteiger partial charge in [-0.3, -0.25) is 9.59 Å². The second-order valence-electron chi connectivity index (χ2n) is 5.04. The van der Waals surface area contributed by atoms with Crippen LogP contribution in [0.25, 0.3) is 0 Å². The number of nitrogens with one attached hydrogen (secondary N) is 1. The Hall–Kier alpha value is -1.56. The lowest BCUT2D eigenvalue weighted by Gasteiger charge is -2.32. The van der Waals surface area contributed by atoms with Gasteiger partial charge in [-0.05, 0) is 31.0 Å². The van der Waals surface area contributed by atoms with Gasteiger partial charge in [0.1, 0.15) is 0 Å². The molecular formula is C14H18BrN3O2. The first-order valence-corrected chi connectivity index (χ1v) is 7.37. The average Bonchev–Trinajstić information content (AvgIpc) is 2.37. The third-order valence-corrected chi connectivity index (χ3v) is 3.81. The molecule has 0 spiro atoms. The predicted molar refractivity (Wildman–Crippen MR) is 81.3 cm³/mol. The predicted octanol–water partition coefficient (Wildman–Crippen LogP) is 1.77. The Morgan fingerprint density at radius 3 is 2.50 bits per heavy atom. The summed E-state index contributed by atoms with van der Waals surface area (Å²) in [5, 5.41) is 2.89. The second kappa shape index (κ2) is 6.26. The molecule has 2 amide bonds. The van der Waals surface area contributed by atoms with Gasteiger partial charge < -0.3 is 16.0 Å². The molecule has 1 aromatic carbocycles.